The average Bonchev–Trinajstić information content (AvgIpc) is 3.08. The van der Waals surface area contributed by atoms with Crippen LogP contribution in [0.4, 0.5) is 5.82 Å². The summed E-state index contributed by atoms with van der Waals surface area (Å²) in [4.78, 5) is 5.03. The van der Waals surface area contributed by atoms with E-state index in [4.69, 9.17) is 0 Å². The molecule has 2 bridgehead atoms. The number of hydrogen-bond donors (Lipinski definition) is 0. The zero-order valence-electron chi connectivity index (χ0n) is 14.3. The zero-order chi connectivity index (χ0) is 16.6. The fourth-order valence-corrected chi connectivity index (χ4v) is 4.92. The lowest BCUT2D eigenvalue weighted by atomic mass is 9.98. The highest BCUT2D eigenvalue weighted by atomic mass is 32.1. The Balaban J connectivity index is 0.00000168. The number of piperidine rings is 1. The molecule has 0 spiro atoms. The summed E-state index contributed by atoms with van der Waals surface area (Å²) in [6.45, 7) is 5.84. The van der Waals surface area contributed by atoms with E-state index in [1.807, 2.05) is 0 Å². The predicted molar refractivity (Wildman–Crippen MR) is 111 cm³/mol. The molecule has 1 aromatic carbocycles. The summed E-state index contributed by atoms with van der Waals surface area (Å²) in [5.74, 6) is 1.80. The Morgan fingerprint density at radius 2 is 1.92 bits per heavy atom. The number of hydrogen-bond acceptors (Lipinski definition) is 5. The van der Waals surface area contributed by atoms with Crippen molar-refractivity contribution in [2.24, 2.45) is 5.92 Å². The van der Waals surface area contributed by atoms with Gasteiger partial charge in [-0.2, -0.15) is 0 Å². The average molecular weight is 367 g/mol. The molecule has 2 aliphatic rings. The van der Waals surface area contributed by atoms with Crippen LogP contribution in [0.15, 0.2) is 41.8 Å². The highest BCUT2D eigenvalue weighted by Gasteiger charge is 2.26. The van der Waals surface area contributed by atoms with Crippen molar-refractivity contribution in [2.75, 3.05) is 37.6 Å². The minimum absolute atomic E-state index is 0. The van der Waals surface area contributed by atoms with Gasteiger partial charge < -0.3 is 9.80 Å². The van der Waals surface area contributed by atoms with Crippen LogP contribution in [0, 0.1) is 5.92 Å². The molecule has 0 N–H and O–H groups in total. The molecule has 2 fully saturated rings. The smallest absolute Gasteiger partial charge is 0.151 e. The first-order valence-electron chi connectivity index (χ1n) is 9.14. The molecule has 0 amide bonds. The van der Waals surface area contributed by atoms with E-state index in [0.717, 1.165) is 42.6 Å². The van der Waals surface area contributed by atoms with Crippen molar-refractivity contribution in [3.63, 3.8) is 0 Å². The summed E-state index contributed by atoms with van der Waals surface area (Å²) in [7, 11) is 0. The number of aromatic nitrogens is 2. The Morgan fingerprint density at radius 1 is 0.962 bits per heavy atom. The number of anilines is 1. The van der Waals surface area contributed by atoms with E-state index in [1.54, 1.807) is 11.3 Å². The molecule has 2 aromatic heterocycles. The van der Waals surface area contributed by atoms with Crippen LogP contribution < -0.4 is 4.90 Å². The first kappa shape index (κ1) is 17.4. The Kier molecular flexibility index (Phi) is 4.92. The molecule has 2 unspecified atom stereocenters. The van der Waals surface area contributed by atoms with Gasteiger partial charge in [-0.05, 0) is 66.4 Å². The third kappa shape index (κ3) is 3.33. The van der Waals surface area contributed by atoms with E-state index in [0.29, 0.717) is 0 Å². The van der Waals surface area contributed by atoms with E-state index in [-0.39, 0.29) is 7.43 Å². The van der Waals surface area contributed by atoms with Crippen LogP contribution in [0.25, 0.3) is 21.3 Å². The van der Waals surface area contributed by atoms with Crippen LogP contribution in [-0.2, 0) is 0 Å². The summed E-state index contributed by atoms with van der Waals surface area (Å²) >= 11 is 1.78. The minimum Gasteiger partial charge on any atom is -0.354 e. The van der Waals surface area contributed by atoms with Gasteiger partial charge in [0.25, 0.3) is 0 Å². The molecule has 5 heteroatoms. The van der Waals surface area contributed by atoms with Gasteiger partial charge in [0.1, 0.15) is 0 Å². The van der Waals surface area contributed by atoms with Gasteiger partial charge >= 0.3 is 0 Å². The van der Waals surface area contributed by atoms with Crippen molar-refractivity contribution < 1.29 is 0 Å². The molecule has 2 aliphatic heterocycles. The molecule has 3 aromatic rings. The van der Waals surface area contributed by atoms with Crippen molar-refractivity contribution in [1.82, 2.24) is 15.1 Å². The van der Waals surface area contributed by atoms with Gasteiger partial charge in [-0.3, -0.25) is 0 Å². The van der Waals surface area contributed by atoms with Gasteiger partial charge in [-0.1, -0.05) is 13.5 Å². The lowest BCUT2D eigenvalue weighted by molar-refractivity contribution is 0.201. The van der Waals surface area contributed by atoms with Gasteiger partial charge in [0, 0.05) is 36.4 Å². The van der Waals surface area contributed by atoms with Crippen LogP contribution in [-0.4, -0.2) is 47.8 Å². The Morgan fingerprint density at radius 3 is 2.81 bits per heavy atom. The zero-order valence-corrected chi connectivity index (χ0v) is 15.1. The number of nitrogens with zero attached hydrogens (tertiary/aromatic N) is 4. The molecule has 0 radical (unpaired) electrons. The second-order valence-corrected chi connectivity index (χ2v) is 8.15. The SMILES string of the molecule is C.c1cc2cc(-c3ccc(N4CCN5CCCC(C5)C4)nn3)ccc2s1. The second kappa shape index (κ2) is 7.33. The Bertz CT molecular complexity index is 873. The molecule has 26 heavy (non-hydrogen) atoms. The van der Waals surface area contributed by atoms with Crippen LogP contribution >= 0.6 is 11.3 Å². The highest BCUT2D eigenvalue weighted by Crippen LogP contribution is 2.28. The molecular weight excluding hydrogens is 340 g/mol. The molecule has 2 saturated heterocycles. The normalized spacial score (nSPS) is 22.7. The molecule has 136 valence electrons. The molecule has 0 saturated carbocycles. The van der Waals surface area contributed by atoms with E-state index in [1.165, 1.54) is 36.0 Å². The lowest BCUT2D eigenvalue weighted by Crippen LogP contribution is -2.35. The van der Waals surface area contributed by atoms with Gasteiger partial charge in [0.15, 0.2) is 5.82 Å². The van der Waals surface area contributed by atoms with Crippen molar-refractivity contribution in [3.05, 3.63) is 41.8 Å². The second-order valence-electron chi connectivity index (χ2n) is 7.20. The van der Waals surface area contributed by atoms with E-state index in [9.17, 15) is 0 Å². The lowest BCUT2D eigenvalue weighted by Gasteiger charge is -2.29. The monoisotopic (exact) mass is 366 g/mol. The molecular formula is C21H26N4S. The summed E-state index contributed by atoms with van der Waals surface area (Å²) < 4.78 is 1.32. The maximum Gasteiger partial charge on any atom is 0.151 e. The van der Waals surface area contributed by atoms with Gasteiger partial charge in [-0.15, -0.1) is 21.5 Å². The minimum atomic E-state index is 0. The first-order valence-corrected chi connectivity index (χ1v) is 10.0. The maximum absolute atomic E-state index is 4.56. The quantitative estimate of drug-likeness (QED) is 0.667. The molecule has 0 aliphatic carbocycles. The maximum atomic E-state index is 4.56. The van der Waals surface area contributed by atoms with E-state index >= 15 is 0 Å². The van der Waals surface area contributed by atoms with Crippen molar-refractivity contribution >= 4 is 27.2 Å². The highest BCUT2D eigenvalue weighted by molar-refractivity contribution is 7.17. The molecule has 4 heterocycles. The largest absolute Gasteiger partial charge is 0.354 e. The summed E-state index contributed by atoms with van der Waals surface area (Å²) in [5, 5.41) is 12.5. The fourth-order valence-electron chi connectivity index (χ4n) is 4.15. The standard InChI is InChI=1S/C20H22N4S.CH4/c1-2-15-13-23(8-1)9-10-24(14-15)20-6-4-18(21-22-20)16-3-5-19-17(12-16)7-11-25-19;/h3-7,11-12,15H,1-2,8-10,13-14H2;1H4. The third-order valence-corrected chi connectivity index (χ3v) is 6.39. The van der Waals surface area contributed by atoms with Crippen molar-refractivity contribution in [1.29, 1.82) is 0 Å². The summed E-state index contributed by atoms with van der Waals surface area (Å²) in [6, 6.07) is 12.9. The Labute approximate surface area is 159 Å². The van der Waals surface area contributed by atoms with Crippen LogP contribution in [0.5, 0.6) is 0 Å². The fraction of sp³-hybridized carbons (Fsp3) is 0.429. The van der Waals surface area contributed by atoms with Gasteiger partial charge in [0.2, 0.25) is 0 Å². The van der Waals surface area contributed by atoms with Crippen LogP contribution in [0.3, 0.4) is 0 Å². The van der Waals surface area contributed by atoms with Crippen LogP contribution in [0.1, 0.15) is 20.3 Å². The predicted octanol–water partition coefficient (Wildman–Crippen LogP) is 4.53. The topological polar surface area (TPSA) is 32.3 Å². The number of fused-ring (bicyclic) bond motifs is 3. The number of rotatable bonds is 2. The molecule has 2 atom stereocenters. The molecule has 4 nitrogen and oxygen atoms in total. The van der Waals surface area contributed by atoms with Gasteiger partial charge in [0.05, 0.1) is 5.69 Å². The molecule has 5 rings (SSSR count). The summed E-state index contributed by atoms with van der Waals surface area (Å²) in [5.41, 5.74) is 2.09. The van der Waals surface area contributed by atoms with E-state index < -0.39 is 0 Å². The van der Waals surface area contributed by atoms with E-state index in [2.05, 4.69) is 61.8 Å². The Hall–Kier alpha value is -1.98. The first-order chi connectivity index (χ1) is 12.3. The van der Waals surface area contributed by atoms with Crippen molar-refractivity contribution in [3.8, 4) is 11.3 Å². The van der Waals surface area contributed by atoms with Crippen molar-refractivity contribution in [2.45, 2.75) is 20.3 Å². The summed E-state index contributed by atoms with van der Waals surface area (Å²) in [6.07, 6.45) is 2.69. The number of thiophene rings is 1. The number of benzene rings is 1. The van der Waals surface area contributed by atoms with Crippen LogP contribution in [0.2, 0.25) is 0 Å². The van der Waals surface area contributed by atoms with Gasteiger partial charge in [-0.25, -0.2) is 0 Å². The third-order valence-electron chi connectivity index (χ3n) is 5.49.